The maximum Gasteiger partial charge on any atom is 0.225 e. The van der Waals surface area contributed by atoms with Crippen molar-refractivity contribution in [3.63, 3.8) is 0 Å². The van der Waals surface area contributed by atoms with Crippen molar-refractivity contribution in [3.8, 4) is 0 Å². The number of hydrogen-bond acceptors (Lipinski definition) is 3. The van der Waals surface area contributed by atoms with E-state index in [2.05, 4.69) is 0 Å². The molecule has 0 aromatic carbocycles. The second-order valence-electron chi connectivity index (χ2n) is 4.29. The average molecular weight is 216 g/mol. The van der Waals surface area contributed by atoms with Crippen LogP contribution in [0.2, 0.25) is 0 Å². The molecule has 0 aromatic heterocycles. The molecule has 90 valence electrons. The lowest BCUT2D eigenvalue weighted by Gasteiger charge is -2.20. The normalized spacial score (nSPS) is 14.7. The maximum absolute atomic E-state index is 11.7. The van der Waals surface area contributed by atoms with Crippen LogP contribution in [0.25, 0.3) is 0 Å². The van der Waals surface area contributed by atoms with Crippen LogP contribution in [-0.2, 0) is 4.79 Å². The Morgan fingerprint density at radius 3 is 2.47 bits per heavy atom. The van der Waals surface area contributed by atoms with Crippen LogP contribution in [0.4, 0.5) is 0 Å². The first-order valence-corrected chi connectivity index (χ1v) is 5.60. The van der Waals surface area contributed by atoms with E-state index in [9.17, 15) is 4.79 Å². The second-order valence-corrected chi connectivity index (χ2v) is 4.29. The van der Waals surface area contributed by atoms with Crippen LogP contribution in [0, 0.1) is 5.92 Å². The van der Waals surface area contributed by atoms with Crippen molar-refractivity contribution in [1.82, 2.24) is 4.90 Å². The van der Waals surface area contributed by atoms with Crippen molar-refractivity contribution in [2.24, 2.45) is 11.7 Å². The van der Waals surface area contributed by atoms with Crippen molar-refractivity contribution >= 4 is 5.91 Å². The summed E-state index contributed by atoms with van der Waals surface area (Å²) in [5.74, 6) is 0.133. The van der Waals surface area contributed by atoms with Crippen molar-refractivity contribution in [1.29, 1.82) is 0 Å². The zero-order valence-electron chi connectivity index (χ0n) is 10.1. The lowest BCUT2D eigenvalue weighted by Crippen LogP contribution is -2.33. The van der Waals surface area contributed by atoms with Gasteiger partial charge >= 0.3 is 0 Å². The number of amides is 1. The molecule has 4 nitrogen and oxygen atoms in total. The highest BCUT2D eigenvalue weighted by Crippen LogP contribution is 2.11. The molecule has 0 spiro atoms. The molecule has 4 heteroatoms. The maximum atomic E-state index is 11.7. The van der Waals surface area contributed by atoms with Crippen molar-refractivity contribution in [2.45, 2.75) is 39.2 Å². The number of nitrogens with two attached hydrogens (primary N) is 1. The number of hydrogen-bond donors (Lipinski definition) is 2. The van der Waals surface area contributed by atoms with E-state index in [-0.39, 0.29) is 24.5 Å². The summed E-state index contributed by atoms with van der Waals surface area (Å²) >= 11 is 0. The number of carbonyl (C=O) groups is 1. The van der Waals surface area contributed by atoms with Gasteiger partial charge in [0.05, 0.1) is 6.61 Å². The number of likely N-dealkylation sites (N-methyl/N-ethyl adjacent to an activating group) is 1. The molecule has 0 aliphatic carbocycles. The number of nitrogens with zero attached hydrogens (tertiary/aromatic N) is 1. The first-order chi connectivity index (χ1) is 6.99. The first kappa shape index (κ1) is 14.4. The zero-order valence-corrected chi connectivity index (χ0v) is 10.1. The number of carbonyl (C=O) groups excluding carboxylic acids is 1. The predicted octanol–water partition coefficient (Wildman–Crippen LogP) is 0.591. The molecule has 2 unspecified atom stereocenters. The van der Waals surface area contributed by atoms with E-state index in [0.717, 1.165) is 19.3 Å². The highest BCUT2D eigenvalue weighted by molar-refractivity contribution is 5.78. The quantitative estimate of drug-likeness (QED) is 0.654. The fourth-order valence-corrected chi connectivity index (χ4v) is 1.51. The molecule has 0 bridgehead atoms. The highest BCUT2D eigenvalue weighted by Gasteiger charge is 2.16. The van der Waals surface area contributed by atoms with Crippen LogP contribution in [0.5, 0.6) is 0 Å². The summed E-state index contributed by atoms with van der Waals surface area (Å²) in [5.41, 5.74) is 5.63. The minimum atomic E-state index is 0.0226. The molecule has 0 saturated heterocycles. The molecule has 0 aromatic rings. The fraction of sp³-hybridized carbons (Fsp3) is 0.909. The van der Waals surface area contributed by atoms with Gasteiger partial charge in [-0.05, 0) is 19.8 Å². The second kappa shape index (κ2) is 7.65. The Morgan fingerprint density at radius 2 is 2.00 bits per heavy atom. The van der Waals surface area contributed by atoms with E-state index in [1.807, 2.05) is 13.8 Å². The summed E-state index contributed by atoms with van der Waals surface area (Å²) in [4.78, 5) is 13.3. The van der Waals surface area contributed by atoms with Crippen LogP contribution in [0.15, 0.2) is 0 Å². The summed E-state index contributed by atoms with van der Waals surface area (Å²) in [6.45, 7) is 4.34. The molecular weight excluding hydrogens is 192 g/mol. The summed E-state index contributed by atoms with van der Waals surface area (Å²) < 4.78 is 0. The Hall–Kier alpha value is -0.610. The van der Waals surface area contributed by atoms with Gasteiger partial charge in [0.25, 0.3) is 0 Å². The fourth-order valence-electron chi connectivity index (χ4n) is 1.51. The Kier molecular flexibility index (Phi) is 7.34. The van der Waals surface area contributed by atoms with Crippen molar-refractivity contribution in [3.05, 3.63) is 0 Å². The summed E-state index contributed by atoms with van der Waals surface area (Å²) in [5, 5.41) is 8.71. The van der Waals surface area contributed by atoms with Gasteiger partial charge in [-0.15, -0.1) is 0 Å². The standard InChI is InChI=1S/C11H24N2O2/c1-9(5-4-6-10(2)12)11(15)13(3)7-8-14/h9-10,14H,4-8,12H2,1-3H3. The summed E-state index contributed by atoms with van der Waals surface area (Å²) in [7, 11) is 1.72. The van der Waals surface area contributed by atoms with E-state index in [1.165, 1.54) is 0 Å². The van der Waals surface area contributed by atoms with Crippen LogP contribution in [-0.4, -0.2) is 42.2 Å². The van der Waals surface area contributed by atoms with E-state index in [1.54, 1.807) is 11.9 Å². The van der Waals surface area contributed by atoms with Crippen LogP contribution >= 0.6 is 0 Å². The topological polar surface area (TPSA) is 66.6 Å². The van der Waals surface area contributed by atoms with Gasteiger partial charge in [0, 0.05) is 25.6 Å². The third-order valence-corrected chi connectivity index (χ3v) is 2.53. The van der Waals surface area contributed by atoms with E-state index < -0.39 is 0 Å². The highest BCUT2D eigenvalue weighted by atomic mass is 16.3. The molecule has 0 rings (SSSR count). The molecule has 0 saturated carbocycles. The molecule has 0 fully saturated rings. The van der Waals surface area contributed by atoms with Gasteiger partial charge in [-0.2, -0.15) is 0 Å². The van der Waals surface area contributed by atoms with Gasteiger partial charge in [0.2, 0.25) is 5.91 Å². The minimum absolute atomic E-state index is 0.0226. The van der Waals surface area contributed by atoms with Gasteiger partial charge in [0.15, 0.2) is 0 Å². The Balaban J connectivity index is 3.78. The number of aliphatic hydroxyl groups is 1. The van der Waals surface area contributed by atoms with Crippen LogP contribution in [0.3, 0.4) is 0 Å². The molecule has 0 aliphatic heterocycles. The molecule has 1 amide bonds. The van der Waals surface area contributed by atoms with E-state index >= 15 is 0 Å². The first-order valence-electron chi connectivity index (χ1n) is 5.60. The predicted molar refractivity (Wildman–Crippen MR) is 61.4 cm³/mol. The van der Waals surface area contributed by atoms with Crippen LogP contribution in [0.1, 0.15) is 33.1 Å². The molecule has 2 atom stereocenters. The van der Waals surface area contributed by atoms with Gasteiger partial charge in [-0.25, -0.2) is 0 Å². The SMILES string of the molecule is CC(N)CCCC(C)C(=O)N(C)CCO. The molecule has 0 radical (unpaired) electrons. The van der Waals surface area contributed by atoms with Gasteiger partial charge in [-0.3, -0.25) is 4.79 Å². The van der Waals surface area contributed by atoms with E-state index in [0.29, 0.717) is 6.54 Å². The van der Waals surface area contributed by atoms with Gasteiger partial charge in [-0.1, -0.05) is 13.3 Å². The molecule has 15 heavy (non-hydrogen) atoms. The zero-order chi connectivity index (χ0) is 11.8. The van der Waals surface area contributed by atoms with Crippen LogP contribution < -0.4 is 5.73 Å². The lowest BCUT2D eigenvalue weighted by molar-refractivity contribution is -0.134. The van der Waals surface area contributed by atoms with Crippen molar-refractivity contribution in [2.75, 3.05) is 20.2 Å². The Morgan fingerprint density at radius 1 is 1.40 bits per heavy atom. The molecule has 0 heterocycles. The Labute approximate surface area is 92.4 Å². The molecule has 0 aliphatic rings. The minimum Gasteiger partial charge on any atom is -0.395 e. The smallest absolute Gasteiger partial charge is 0.225 e. The molecular formula is C11H24N2O2. The number of rotatable bonds is 7. The average Bonchev–Trinajstić information content (AvgIpc) is 2.16. The molecule has 3 N–H and O–H groups in total. The summed E-state index contributed by atoms with van der Waals surface area (Å²) in [6.07, 6.45) is 2.81. The van der Waals surface area contributed by atoms with Crippen molar-refractivity contribution < 1.29 is 9.90 Å². The van der Waals surface area contributed by atoms with E-state index in [4.69, 9.17) is 10.8 Å². The monoisotopic (exact) mass is 216 g/mol. The Bertz CT molecular complexity index is 183. The lowest BCUT2D eigenvalue weighted by atomic mass is 10.0. The largest absolute Gasteiger partial charge is 0.395 e. The number of aliphatic hydroxyl groups excluding tert-OH is 1. The third kappa shape index (κ3) is 6.47. The third-order valence-electron chi connectivity index (χ3n) is 2.53. The van der Waals surface area contributed by atoms with Gasteiger partial charge < -0.3 is 15.7 Å². The van der Waals surface area contributed by atoms with Gasteiger partial charge in [0.1, 0.15) is 0 Å². The summed E-state index contributed by atoms with van der Waals surface area (Å²) in [6, 6.07) is 0.211.